The van der Waals surface area contributed by atoms with Gasteiger partial charge in [-0.3, -0.25) is 13.9 Å². The molecule has 0 heterocycles. The van der Waals surface area contributed by atoms with E-state index in [2.05, 4.69) is 5.32 Å². The molecule has 0 bridgehead atoms. The van der Waals surface area contributed by atoms with Gasteiger partial charge in [-0.2, -0.15) is 0 Å². The van der Waals surface area contributed by atoms with Crippen LogP contribution in [0.3, 0.4) is 0 Å². The molecular formula is C31H38ClN3O5S. The number of benzene rings is 3. The van der Waals surface area contributed by atoms with Crippen LogP contribution < -0.4 is 14.4 Å². The summed E-state index contributed by atoms with van der Waals surface area (Å²) in [4.78, 5) is 29.4. The number of anilines is 1. The smallest absolute Gasteiger partial charge is 0.244 e. The second-order valence-corrected chi connectivity index (χ2v) is 12.2. The van der Waals surface area contributed by atoms with Gasteiger partial charge in [0.1, 0.15) is 18.3 Å². The molecule has 0 radical (unpaired) electrons. The molecule has 0 fully saturated rings. The molecule has 41 heavy (non-hydrogen) atoms. The summed E-state index contributed by atoms with van der Waals surface area (Å²) in [5.74, 6) is -0.522. The van der Waals surface area contributed by atoms with Gasteiger partial charge in [-0.25, -0.2) is 8.42 Å². The molecule has 0 unspecified atom stereocenters. The van der Waals surface area contributed by atoms with Gasteiger partial charge in [0.15, 0.2) is 0 Å². The maximum absolute atomic E-state index is 14.2. The molecule has 0 aliphatic rings. The van der Waals surface area contributed by atoms with Crippen LogP contribution >= 0.6 is 11.6 Å². The monoisotopic (exact) mass is 599 g/mol. The predicted octanol–water partition coefficient (Wildman–Crippen LogP) is 5.06. The average Bonchev–Trinajstić information content (AvgIpc) is 2.94. The van der Waals surface area contributed by atoms with Gasteiger partial charge in [0.05, 0.1) is 18.6 Å². The van der Waals surface area contributed by atoms with Crippen LogP contribution in [0.2, 0.25) is 5.02 Å². The van der Waals surface area contributed by atoms with Crippen molar-refractivity contribution >= 4 is 39.1 Å². The van der Waals surface area contributed by atoms with Crippen LogP contribution in [0.25, 0.3) is 0 Å². The molecule has 1 N–H and O–H groups in total. The molecule has 0 saturated carbocycles. The Balaban J connectivity index is 2.09. The highest BCUT2D eigenvalue weighted by Gasteiger charge is 2.34. The minimum Gasteiger partial charge on any atom is -0.492 e. The first-order chi connectivity index (χ1) is 19.5. The Morgan fingerprint density at radius 1 is 0.951 bits per heavy atom. The van der Waals surface area contributed by atoms with Crippen molar-refractivity contribution in [2.75, 3.05) is 23.7 Å². The van der Waals surface area contributed by atoms with Gasteiger partial charge in [0, 0.05) is 24.0 Å². The summed E-state index contributed by atoms with van der Waals surface area (Å²) >= 11 is 6.25. The maximum Gasteiger partial charge on any atom is 0.244 e. The lowest BCUT2D eigenvalue weighted by molar-refractivity contribution is -0.140. The van der Waals surface area contributed by atoms with E-state index in [1.54, 1.807) is 49.4 Å². The number of hydrogen-bond acceptors (Lipinski definition) is 5. The van der Waals surface area contributed by atoms with Crippen molar-refractivity contribution in [3.8, 4) is 5.75 Å². The van der Waals surface area contributed by atoms with Gasteiger partial charge < -0.3 is 15.0 Å². The van der Waals surface area contributed by atoms with E-state index in [1.165, 1.54) is 4.90 Å². The molecule has 2 amide bonds. The topological polar surface area (TPSA) is 96.0 Å². The lowest BCUT2D eigenvalue weighted by Crippen LogP contribution is -2.54. The van der Waals surface area contributed by atoms with E-state index < -0.39 is 28.5 Å². The van der Waals surface area contributed by atoms with Crippen molar-refractivity contribution in [1.82, 2.24) is 10.2 Å². The Labute approximate surface area is 248 Å². The van der Waals surface area contributed by atoms with Crippen molar-refractivity contribution in [1.29, 1.82) is 0 Å². The Hall–Kier alpha value is -3.56. The predicted molar refractivity (Wildman–Crippen MR) is 164 cm³/mol. The Bertz CT molecular complexity index is 1420. The molecule has 3 aromatic rings. The molecule has 0 saturated heterocycles. The van der Waals surface area contributed by atoms with E-state index >= 15 is 0 Å². The number of rotatable bonds is 14. The second-order valence-electron chi connectivity index (χ2n) is 9.85. The Kier molecular flexibility index (Phi) is 11.6. The summed E-state index contributed by atoms with van der Waals surface area (Å²) in [5, 5.41) is 3.50. The fourth-order valence-electron chi connectivity index (χ4n) is 4.36. The molecule has 2 atom stereocenters. The number of ether oxygens (including phenoxy) is 1. The van der Waals surface area contributed by atoms with Crippen LogP contribution in [0.4, 0.5) is 5.69 Å². The van der Waals surface area contributed by atoms with Gasteiger partial charge in [0.25, 0.3) is 0 Å². The van der Waals surface area contributed by atoms with E-state index in [0.29, 0.717) is 29.4 Å². The zero-order valence-electron chi connectivity index (χ0n) is 23.9. The average molecular weight is 600 g/mol. The van der Waals surface area contributed by atoms with Crippen LogP contribution in [-0.2, 0) is 32.6 Å². The highest BCUT2D eigenvalue weighted by molar-refractivity contribution is 7.92. The standard InChI is InChI=1S/C31H38ClN3O5S/c1-5-23(3)33-31(37)28(20-24-13-8-7-9-14-24)34(21-25-15-12-16-26(32)19-25)30(36)22-35(41(4,38)39)27-17-10-11-18-29(27)40-6-2/h7-19,23,28H,5-6,20-22H2,1-4H3,(H,33,37)/t23-,28+/m0/s1. The van der Waals surface area contributed by atoms with E-state index in [9.17, 15) is 18.0 Å². The first-order valence-electron chi connectivity index (χ1n) is 13.6. The van der Waals surface area contributed by atoms with E-state index in [0.717, 1.165) is 16.1 Å². The number of nitrogens with one attached hydrogen (secondary N) is 1. The Morgan fingerprint density at radius 3 is 2.24 bits per heavy atom. The number of halogens is 1. The first-order valence-corrected chi connectivity index (χ1v) is 15.8. The number of carbonyl (C=O) groups is 2. The molecule has 8 nitrogen and oxygen atoms in total. The largest absolute Gasteiger partial charge is 0.492 e. The van der Waals surface area contributed by atoms with Gasteiger partial charge >= 0.3 is 0 Å². The van der Waals surface area contributed by atoms with Crippen molar-refractivity contribution in [3.05, 3.63) is 95.0 Å². The lowest BCUT2D eigenvalue weighted by atomic mass is 10.0. The van der Waals surface area contributed by atoms with Gasteiger partial charge in [0.2, 0.25) is 21.8 Å². The zero-order valence-corrected chi connectivity index (χ0v) is 25.5. The van der Waals surface area contributed by atoms with Crippen LogP contribution in [0.1, 0.15) is 38.3 Å². The van der Waals surface area contributed by atoms with E-state index in [-0.39, 0.29) is 30.6 Å². The molecule has 0 aromatic heterocycles. The molecular weight excluding hydrogens is 562 g/mol. The fraction of sp³-hybridized carbons (Fsp3) is 0.355. The summed E-state index contributed by atoms with van der Waals surface area (Å²) in [5.41, 5.74) is 1.82. The molecule has 0 aliphatic carbocycles. The van der Waals surface area contributed by atoms with Crippen molar-refractivity contribution in [3.63, 3.8) is 0 Å². The number of nitrogens with zero attached hydrogens (tertiary/aromatic N) is 2. The molecule has 3 aromatic carbocycles. The van der Waals surface area contributed by atoms with Crippen LogP contribution in [0.5, 0.6) is 5.75 Å². The maximum atomic E-state index is 14.2. The fourth-order valence-corrected chi connectivity index (χ4v) is 5.43. The minimum atomic E-state index is -3.91. The van der Waals surface area contributed by atoms with Gasteiger partial charge in [-0.05, 0) is 55.7 Å². The molecule has 220 valence electrons. The molecule has 0 aliphatic heterocycles. The third kappa shape index (κ3) is 9.23. The van der Waals surface area contributed by atoms with Crippen LogP contribution in [0.15, 0.2) is 78.9 Å². The Morgan fingerprint density at radius 2 is 1.61 bits per heavy atom. The van der Waals surface area contributed by atoms with Crippen molar-refractivity contribution in [2.45, 2.75) is 52.2 Å². The van der Waals surface area contributed by atoms with Gasteiger partial charge in [-0.1, -0.05) is 73.1 Å². The van der Waals surface area contributed by atoms with E-state index in [4.69, 9.17) is 16.3 Å². The lowest BCUT2D eigenvalue weighted by Gasteiger charge is -2.34. The molecule has 3 rings (SSSR count). The SMILES string of the molecule is CCOc1ccccc1N(CC(=O)N(Cc1cccc(Cl)c1)[C@H](Cc1ccccc1)C(=O)N[C@@H](C)CC)S(C)(=O)=O. The normalized spacial score (nSPS) is 12.7. The number of amides is 2. The number of carbonyl (C=O) groups excluding carboxylic acids is 2. The summed E-state index contributed by atoms with van der Waals surface area (Å²) in [7, 11) is -3.91. The van der Waals surface area contributed by atoms with Crippen molar-refractivity contribution < 1.29 is 22.7 Å². The van der Waals surface area contributed by atoms with Crippen molar-refractivity contribution in [2.24, 2.45) is 0 Å². The minimum absolute atomic E-state index is 0.0511. The summed E-state index contributed by atoms with van der Waals surface area (Å²) in [6.07, 6.45) is 1.99. The third-order valence-electron chi connectivity index (χ3n) is 6.63. The number of hydrogen-bond donors (Lipinski definition) is 1. The highest BCUT2D eigenvalue weighted by Crippen LogP contribution is 2.30. The molecule has 10 heteroatoms. The number of sulfonamides is 1. The molecule has 0 spiro atoms. The second kappa shape index (κ2) is 14.9. The first kappa shape index (κ1) is 32.0. The van der Waals surface area contributed by atoms with E-state index in [1.807, 2.05) is 50.2 Å². The third-order valence-corrected chi connectivity index (χ3v) is 7.99. The van der Waals surface area contributed by atoms with Crippen LogP contribution in [0, 0.1) is 0 Å². The zero-order chi connectivity index (χ0) is 30.0. The quantitative estimate of drug-likeness (QED) is 0.279. The number of para-hydroxylation sites is 2. The highest BCUT2D eigenvalue weighted by atomic mass is 35.5. The summed E-state index contributed by atoms with van der Waals surface area (Å²) < 4.78 is 32.8. The van der Waals surface area contributed by atoms with Crippen LogP contribution in [-0.4, -0.2) is 56.6 Å². The summed E-state index contributed by atoms with van der Waals surface area (Å²) in [6, 6.07) is 22.1. The van der Waals surface area contributed by atoms with Gasteiger partial charge in [-0.15, -0.1) is 0 Å². The summed E-state index contributed by atoms with van der Waals surface area (Å²) in [6.45, 7) is 5.51.